The van der Waals surface area contributed by atoms with E-state index in [1.807, 2.05) is 18.2 Å². The summed E-state index contributed by atoms with van der Waals surface area (Å²) in [5, 5.41) is 0.636. The van der Waals surface area contributed by atoms with E-state index in [1.54, 1.807) is 12.3 Å². The maximum atomic E-state index is 14.1. The number of pyridine rings is 1. The van der Waals surface area contributed by atoms with Gasteiger partial charge in [0.05, 0.1) is 10.7 Å². The van der Waals surface area contributed by atoms with Gasteiger partial charge in [0.1, 0.15) is 11.6 Å². The molecule has 2 atom stereocenters. The molecule has 0 amide bonds. The number of nitrogens with zero attached hydrogens (tertiary/aromatic N) is 6. The van der Waals surface area contributed by atoms with Gasteiger partial charge in [0.2, 0.25) is 5.95 Å². The number of piperazine rings is 1. The molecule has 0 N–H and O–H groups in total. The lowest BCUT2D eigenvalue weighted by Crippen LogP contribution is -2.53. The van der Waals surface area contributed by atoms with Crippen LogP contribution in [0, 0.1) is 11.6 Å². The van der Waals surface area contributed by atoms with Gasteiger partial charge in [0, 0.05) is 56.1 Å². The van der Waals surface area contributed by atoms with Crippen LogP contribution in [0.15, 0.2) is 42.6 Å². The summed E-state index contributed by atoms with van der Waals surface area (Å²) >= 11 is 6.39. The van der Waals surface area contributed by atoms with Gasteiger partial charge in [-0.2, -0.15) is 4.98 Å². The van der Waals surface area contributed by atoms with Crippen LogP contribution in [0.4, 0.5) is 26.4 Å². The molecule has 1 aromatic carbocycles. The summed E-state index contributed by atoms with van der Waals surface area (Å²) < 4.78 is 27.7. The van der Waals surface area contributed by atoms with E-state index in [-0.39, 0.29) is 6.04 Å². The van der Waals surface area contributed by atoms with Crippen molar-refractivity contribution in [1.29, 1.82) is 0 Å². The van der Waals surface area contributed by atoms with Gasteiger partial charge >= 0.3 is 0 Å². The summed E-state index contributed by atoms with van der Waals surface area (Å²) in [7, 11) is 0. The highest BCUT2D eigenvalue weighted by Crippen LogP contribution is 2.32. The number of hydrogen-bond donors (Lipinski definition) is 0. The van der Waals surface area contributed by atoms with Gasteiger partial charge in [-0.05, 0) is 63.4 Å². The van der Waals surface area contributed by atoms with Gasteiger partial charge < -0.3 is 14.7 Å². The Labute approximate surface area is 209 Å². The molecule has 4 heterocycles. The maximum Gasteiger partial charge on any atom is 0.228 e. The van der Waals surface area contributed by atoms with E-state index in [0.717, 1.165) is 56.7 Å². The van der Waals surface area contributed by atoms with Crippen LogP contribution in [-0.4, -0.2) is 53.2 Å². The molecule has 3 aromatic rings. The van der Waals surface area contributed by atoms with E-state index in [0.29, 0.717) is 28.3 Å². The van der Waals surface area contributed by atoms with E-state index in [2.05, 4.69) is 33.5 Å². The lowest BCUT2D eigenvalue weighted by atomic mass is 10.0. The normalized spacial score (nSPS) is 20.9. The van der Waals surface area contributed by atoms with Crippen molar-refractivity contribution in [2.75, 3.05) is 40.9 Å². The van der Waals surface area contributed by atoms with Crippen molar-refractivity contribution < 1.29 is 8.78 Å². The standard InChI is InChI=1S/C26H29ClF2N6/c1-17-6-3-4-11-35(17)26-31-23(19-8-9-21(28)22(29)14-19)15-24(32-26)34-13-12-33(16-18(34)2)25-20(27)7-5-10-30-25/h5,7-10,14-15,17-18H,3-4,6,11-13,16H2,1-2H3. The first-order valence-electron chi connectivity index (χ1n) is 12.1. The molecule has 6 nitrogen and oxygen atoms in total. The smallest absolute Gasteiger partial charge is 0.228 e. The maximum absolute atomic E-state index is 14.1. The number of piperidine rings is 1. The molecule has 2 unspecified atom stereocenters. The third kappa shape index (κ3) is 4.89. The van der Waals surface area contributed by atoms with Gasteiger partial charge in [0.15, 0.2) is 11.6 Å². The van der Waals surface area contributed by atoms with Gasteiger partial charge in [0.25, 0.3) is 0 Å². The summed E-state index contributed by atoms with van der Waals surface area (Å²) in [6, 6.07) is 9.92. The van der Waals surface area contributed by atoms with Crippen LogP contribution in [0.5, 0.6) is 0 Å². The average Bonchev–Trinajstić information content (AvgIpc) is 2.86. The summed E-state index contributed by atoms with van der Waals surface area (Å²) in [6.45, 7) is 7.40. The molecule has 35 heavy (non-hydrogen) atoms. The van der Waals surface area contributed by atoms with E-state index >= 15 is 0 Å². The summed E-state index contributed by atoms with van der Waals surface area (Å²) in [4.78, 5) is 20.9. The van der Waals surface area contributed by atoms with E-state index in [4.69, 9.17) is 21.6 Å². The fourth-order valence-corrected chi connectivity index (χ4v) is 5.24. The van der Waals surface area contributed by atoms with Crippen LogP contribution in [0.25, 0.3) is 11.3 Å². The molecule has 0 radical (unpaired) electrons. The van der Waals surface area contributed by atoms with Crippen LogP contribution >= 0.6 is 11.6 Å². The summed E-state index contributed by atoms with van der Waals surface area (Å²) in [5.74, 6) is 0.452. The Morgan fingerprint density at radius 2 is 1.77 bits per heavy atom. The minimum Gasteiger partial charge on any atom is -0.352 e. The van der Waals surface area contributed by atoms with Crippen LogP contribution in [-0.2, 0) is 0 Å². The highest BCUT2D eigenvalue weighted by molar-refractivity contribution is 6.32. The Morgan fingerprint density at radius 1 is 0.914 bits per heavy atom. The third-order valence-electron chi connectivity index (χ3n) is 6.94. The fourth-order valence-electron chi connectivity index (χ4n) is 5.00. The number of benzene rings is 1. The zero-order valence-electron chi connectivity index (χ0n) is 20.0. The highest BCUT2D eigenvalue weighted by atomic mass is 35.5. The van der Waals surface area contributed by atoms with Crippen molar-refractivity contribution in [2.45, 2.75) is 45.2 Å². The Bertz CT molecular complexity index is 1210. The fraction of sp³-hybridized carbons (Fsp3) is 0.423. The number of halogens is 3. The van der Waals surface area contributed by atoms with Crippen molar-refractivity contribution in [1.82, 2.24) is 15.0 Å². The number of hydrogen-bond acceptors (Lipinski definition) is 6. The molecule has 2 aliphatic heterocycles. The Morgan fingerprint density at radius 3 is 2.51 bits per heavy atom. The number of rotatable bonds is 4. The summed E-state index contributed by atoms with van der Waals surface area (Å²) in [6.07, 6.45) is 5.09. The molecular weight excluding hydrogens is 470 g/mol. The minimum absolute atomic E-state index is 0.126. The Hall–Kier alpha value is -3.00. The zero-order valence-corrected chi connectivity index (χ0v) is 20.7. The topological polar surface area (TPSA) is 48.4 Å². The second-order valence-corrected chi connectivity index (χ2v) is 9.78. The van der Waals surface area contributed by atoms with Crippen LogP contribution < -0.4 is 14.7 Å². The molecule has 2 aliphatic rings. The van der Waals surface area contributed by atoms with Crippen LogP contribution in [0.1, 0.15) is 33.1 Å². The predicted octanol–water partition coefficient (Wildman–Crippen LogP) is 5.56. The van der Waals surface area contributed by atoms with Crippen LogP contribution in [0.2, 0.25) is 5.02 Å². The second-order valence-electron chi connectivity index (χ2n) is 9.38. The molecule has 9 heteroatoms. The van der Waals surface area contributed by atoms with Crippen molar-refractivity contribution in [3.8, 4) is 11.3 Å². The quantitative estimate of drug-likeness (QED) is 0.469. The largest absolute Gasteiger partial charge is 0.352 e. The van der Waals surface area contributed by atoms with Crippen molar-refractivity contribution in [3.05, 3.63) is 59.3 Å². The monoisotopic (exact) mass is 498 g/mol. The van der Waals surface area contributed by atoms with Crippen molar-refractivity contribution in [2.24, 2.45) is 0 Å². The SMILES string of the molecule is CC1CN(c2ncccc2Cl)CCN1c1cc(-c2ccc(F)c(F)c2)nc(N2CCCCC2C)n1. The first-order valence-corrected chi connectivity index (χ1v) is 12.5. The lowest BCUT2D eigenvalue weighted by Gasteiger charge is -2.42. The molecular formula is C26H29ClF2N6. The van der Waals surface area contributed by atoms with E-state index in [9.17, 15) is 8.78 Å². The first-order chi connectivity index (χ1) is 16.9. The Balaban J connectivity index is 1.49. The van der Waals surface area contributed by atoms with E-state index < -0.39 is 11.6 Å². The average molecular weight is 499 g/mol. The molecule has 184 valence electrons. The molecule has 2 saturated heterocycles. The molecule has 2 fully saturated rings. The zero-order chi connectivity index (χ0) is 24.5. The van der Waals surface area contributed by atoms with Crippen molar-refractivity contribution in [3.63, 3.8) is 0 Å². The molecule has 0 spiro atoms. The second kappa shape index (κ2) is 9.93. The van der Waals surface area contributed by atoms with Crippen molar-refractivity contribution >= 4 is 29.2 Å². The summed E-state index contributed by atoms with van der Waals surface area (Å²) in [5.41, 5.74) is 1.12. The van der Waals surface area contributed by atoms with Gasteiger partial charge in [-0.25, -0.2) is 18.7 Å². The molecule has 0 saturated carbocycles. The molecule has 0 bridgehead atoms. The third-order valence-corrected chi connectivity index (χ3v) is 7.23. The Kier molecular flexibility index (Phi) is 6.73. The van der Waals surface area contributed by atoms with Gasteiger partial charge in [-0.3, -0.25) is 0 Å². The highest BCUT2D eigenvalue weighted by Gasteiger charge is 2.29. The molecule has 2 aromatic heterocycles. The minimum atomic E-state index is -0.884. The molecule has 5 rings (SSSR count). The molecule has 0 aliphatic carbocycles. The first kappa shape index (κ1) is 23.7. The van der Waals surface area contributed by atoms with E-state index in [1.165, 1.54) is 12.5 Å². The number of anilines is 3. The lowest BCUT2D eigenvalue weighted by molar-refractivity contribution is 0.476. The van der Waals surface area contributed by atoms with Gasteiger partial charge in [-0.15, -0.1) is 0 Å². The van der Waals surface area contributed by atoms with Gasteiger partial charge in [-0.1, -0.05) is 11.6 Å². The van der Waals surface area contributed by atoms with Crippen LogP contribution in [0.3, 0.4) is 0 Å². The number of aromatic nitrogens is 3. The predicted molar refractivity (Wildman–Crippen MR) is 136 cm³/mol.